The van der Waals surface area contributed by atoms with Crippen molar-refractivity contribution in [1.29, 1.82) is 0 Å². The molecule has 3 aromatic carbocycles. The Morgan fingerprint density at radius 1 is 0.613 bits per heavy atom. The zero-order valence-electron chi connectivity index (χ0n) is 16.6. The van der Waals surface area contributed by atoms with Crippen LogP contribution in [0.2, 0.25) is 0 Å². The molecule has 31 heavy (non-hydrogen) atoms. The fourth-order valence-electron chi connectivity index (χ4n) is 3.52. The van der Waals surface area contributed by atoms with Crippen molar-refractivity contribution in [3.63, 3.8) is 0 Å². The Bertz CT molecular complexity index is 1180. The SMILES string of the molecule is O=Cc1ccc(N(c2ccc(-n3ccnc3)cc2)c2ccc(-n3ccnc3)cc2)cc1. The molecule has 5 rings (SSSR count). The van der Waals surface area contributed by atoms with Crippen molar-refractivity contribution in [3.8, 4) is 11.4 Å². The molecule has 0 fully saturated rings. The van der Waals surface area contributed by atoms with E-state index in [0.29, 0.717) is 5.56 Å². The van der Waals surface area contributed by atoms with E-state index >= 15 is 0 Å². The van der Waals surface area contributed by atoms with Gasteiger partial charge in [0.1, 0.15) is 6.29 Å². The second kappa shape index (κ2) is 8.12. The van der Waals surface area contributed by atoms with Crippen LogP contribution < -0.4 is 4.90 Å². The minimum Gasteiger partial charge on any atom is -0.311 e. The molecule has 0 aliphatic heterocycles. The first kappa shape index (κ1) is 18.6. The number of imidazole rings is 2. The molecule has 2 aromatic heterocycles. The van der Waals surface area contributed by atoms with Crippen LogP contribution >= 0.6 is 0 Å². The lowest BCUT2D eigenvalue weighted by Gasteiger charge is -2.26. The van der Waals surface area contributed by atoms with Crippen LogP contribution in [0.3, 0.4) is 0 Å². The van der Waals surface area contributed by atoms with E-state index in [1.807, 2.05) is 45.8 Å². The van der Waals surface area contributed by atoms with E-state index in [1.165, 1.54) is 0 Å². The Morgan fingerprint density at radius 2 is 1.03 bits per heavy atom. The number of hydrogen-bond donors (Lipinski definition) is 0. The molecule has 0 aliphatic rings. The van der Waals surface area contributed by atoms with Crippen molar-refractivity contribution in [2.45, 2.75) is 0 Å². The molecule has 0 spiro atoms. The Hall–Kier alpha value is -4.45. The molecule has 6 heteroatoms. The third kappa shape index (κ3) is 3.74. The van der Waals surface area contributed by atoms with Crippen molar-refractivity contribution < 1.29 is 4.79 Å². The van der Waals surface area contributed by atoms with Crippen LogP contribution in [0.4, 0.5) is 17.1 Å². The Kier molecular flexibility index (Phi) is 4.86. The van der Waals surface area contributed by atoms with Gasteiger partial charge in [-0.25, -0.2) is 9.97 Å². The normalized spacial score (nSPS) is 10.7. The van der Waals surface area contributed by atoms with E-state index in [0.717, 1.165) is 34.7 Å². The maximum absolute atomic E-state index is 11.1. The highest BCUT2D eigenvalue weighted by Gasteiger charge is 2.13. The summed E-state index contributed by atoms with van der Waals surface area (Å²) >= 11 is 0. The van der Waals surface area contributed by atoms with Crippen LogP contribution in [0.5, 0.6) is 0 Å². The zero-order valence-corrected chi connectivity index (χ0v) is 16.6. The largest absolute Gasteiger partial charge is 0.311 e. The van der Waals surface area contributed by atoms with Crippen LogP contribution in [0.25, 0.3) is 11.4 Å². The summed E-state index contributed by atoms with van der Waals surface area (Å²) in [5.74, 6) is 0. The van der Waals surface area contributed by atoms with Gasteiger partial charge in [-0.15, -0.1) is 0 Å². The molecule has 0 bridgehead atoms. The van der Waals surface area contributed by atoms with Crippen LogP contribution in [0, 0.1) is 0 Å². The molecule has 0 radical (unpaired) electrons. The number of aromatic nitrogens is 4. The zero-order chi connectivity index (χ0) is 21.0. The fraction of sp³-hybridized carbons (Fsp3) is 0. The summed E-state index contributed by atoms with van der Waals surface area (Å²) in [6, 6.07) is 24.1. The van der Waals surface area contributed by atoms with Crippen LogP contribution in [0.1, 0.15) is 10.4 Å². The molecule has 0 amide bonds. The van der Waals surface area contributed by atoms with Crippen molar-refractivity contribution in [1.82, 2.24) is 19.1 Å². The molecule has 0 N–H and O–H groups in total. The van der Waals surface area contributed by atoms with Gasteiger partial charge in [-0.3, -0.25) is 4.79 Å². The maximum atomic E-state index is 11.1. The van der Waals surface area contributed by atoms with E-state index in [9.17, 15) is 4.79 Å². The standard InChI is InChI=1S/C25H19N5O/c31-17-20-1-3-23(4-2-20)30(24-9-5-21(6-10-24)28-15-13-26-18-28)25-11-7-22(8-12-25)29-16-14-27-19-29/h1-19H. The lowest BCUT2D eigenvalue weighted by Crippen LogP contribution is -2.10. The molecule has 0 saturated carbocycles. The van der Waals surface area contributed by atoms with E-state index in [2.05, 4.69) is 63.4 Å². The summed E-state index contributed by atoms with van der Waals surface area (Å²) in [7, 11) is 0. The lowest BCUT2D eigenvalue weighted by molar-refractivity contribution is 0.112. The Morgan fingerprint density at radius 3 is 1.39 bits per heavy atom. The Labute approximate surface area is 179 Å². The van der Waals surface area contributed by atoms with Gasteiger partial charge in [0.2, 0.25) is 0 Å². The van der Waals surface area contributed by atoms with E-state index in [4.69, 9.17) is 0 Å². The summed E-state index contributed by atoms with van der Waals surface area (Å²) in [4.78, 5) is 21.5. The first-order valence-electron chi connectivity index (χ1n) is 9.84. The predicted octanol–water partition coefficient (Wildman–Crippen LogP) is 5.34. The molecule has 6 nitrogen and oxygen atoms in total. The van der Waals surface area contributed by atoms with Crippen molar-refractivity contribution >= 4 is 23.3 Å². The smallest absolute Gasteiger partial charge is 0.150 e. The van der Waals surface area contributed by atoms with Gasteiger partial charge in [-0.2, -0.15) is 0 Å². The van der Waals surface area contributed by atoms with E-state index in [-0.39, 0.29) is 0 Å². The number of carbonyl (C=O) groups is 1. The van der Waals surface area contributed by atoms with Gasteiger partial charge >= 0.3 is 0 Å². The second-order valence-electron chi connectivity index (χ2n) is 7.02. The minimum atomic E-state index is 0.648. The summed E-state index contributed by atoms with van der Waals surface area (Å²) < 4.78 is 3.93. The molecule has 0 atom stereocenters. The number of carbonyl (C=O) groups excluding carboxylic acids is 1. The summed E-state index contributed by atoms with van der Waals surface area (Å²) in [6.07, 6.45) is 11.8. The molecule has 0 aliphatic carbocycles. The maximum Gasteiger partial charge on any atom is 0.150 e. The number of anilines is 3. The van der Waals surface area contributed by atoms with Gasteiger partial charge in [-0.1, -0.05) is 0 Å². The van der Waals surface area contributed by atoms with E-state index < -0.39 is 0 Å². The average Bonchev–Trinajstić information content (AvgIpc) is 3.56. The van der Waals surface area contributed by atoms with Crippen LogP contribution in [0.15, 0.2) is 110 Å². The minimum absolute atomic E-state index is 0.648. The van der Waals surface area contributed by atoms with Gasteiger partial charge in [0.05, 0.1) is 12.7 Å². The predicted molar refractivity (Wildman–Crippen MR) is 121 cm³/mol. The third-order valence-corrected chi connectivity index (χ3v) is 5.11. The van der Waals surface area contributed by atoms with Crippen molar-refractivity contribution in [2.24, 2.45) is 0 Å². The molecule has 0 unspecified atom stereocenters. The first-order chi connectivity index (χ1) is 15.3. The third-order valence-electron chi connectivity index (χ3n) is 5.11. The highest BCUT2D eigenvalue weighted by atomic mass is 16.1. The highest BCUT2D eigenvalue weighted by Crippen LogP contribution is 2.35. The number of rotatable bonds is 6. The van der Waals surface area contributed by atoms with Gasteiger partial charge in [0.25, 0.3) is 0 Å². The number of benzene rings is 3. The molecular weight excluding hydrogens is 386 g/mol. The summed E-state index contributed by atoms with van der Waals surface area (Å²) in [5, 5.41) is 0. The molecule has 0 saturated heterocycles. The average molecular weight is 405 g/mol. The Balaban J connectivity index is 1.55. The molecule has 5 aromatic rings. The van der Waals surface area contributed by atoms with Crippen molar-refractivity contribution in [3.05, 3.63) is 116 Å². The monoisotopic (exact) mass is 405 g/mol. The quantitative estimate of drug-likeness (QED) is 0.358. The van der Waals surface area contributed by atoms with Gasteiger partial charge in [-0.05, 0) is 72.8 Å². The number of hydrogen-bond acceptors (Lipinski definition) is 4. The van der Waals surface area contributed by atoms with Gasteiger partial charge < -0.3 is 14.0 Å². The topological polar surface area (TPSA) is 56.0 Å². The number of aldehydes is 1. The summed E-state index contributed by atoms with van der Waals surface area (Å²) in [6.45, 7) is 0. The molecule has 150 valence electrons. The lowest BCUT2D eigenvalue weighted by atomic mass is 10.1. The van der Waals surface area contributed by atoms with E-state index in [1.54, 1.807) is 25.0 Å². The van der Waals surface area contributed by atoms with Gasteiger partial charge in [0.15, 0.2) is 0 Å². The van der Waals surface area contributed by atoms with Crippen LogP contribution in [-0.2, 0) is 0 Å². The number of nitrogens with zero attached hydrogens (tertiary/aromatic N) is 5. The second-order valence-corrected chi connectivity index (χ2v) is 7.02. The molecule has 2 heterocycles. The first-order valence-corrected chi connectivity index (χ1v) is 9.84. The summed E-state index contributed by atoms with van der Waals surface area (Å²) in [5.41, 5.74) is 5.71. The molecular formula is C25H19N5O. The fourth-order valence-corrected chi connectivity index (χ4v) is 3.52. The van der Waals surface area contributed by atoms with Gasteiger partial charge in [0, 0.05) is 58.8 Å². The van der Waals surface area contributed by atoms with Crippen LogP contribution in [-0.4, -0.2) is 25.4 Å². The van der Waals surface area contributed by atoms with Crippen molar-refractivity contribution in [2.75, 3.05) is 4.90 Å². The highest BCUT2D eigenvalue weighted by molar-refractivity contribution is 5.80.